The number of amidine groups is 1. The van der Waals surface area contributed by atoms with Crippen molar-refractivity contribution >= 4 is 40.4 Å². The van der Waals surface area contributed by atoms with E-state index < -0.39 is 12.0 Å². The summed E-state index contributed by atoms with van der Waals surface area (Å²) in [7, 11) is 1.36. The van der Waals surface area contributed by atoms with Crippen molar-refractivity contribution in [2.24, 2.45) is 4.99 Å². The molecule has 34 heavy (non-hydrogen) atoms. The summed E-state index contributed by atoms with van der Waals surface area (Å²) in [5, 5.41) is 6.23. The number of esters is 1. The van der Waals surface area contributed by atoms with E-state index in [1.54, 1.807) is 6.07 Å². The van der Waals surface area contributed by atoms with E-state index in [0.29, 0.717) is 27.9 Å². The van der Waals surface area contributed by atoms with Gasteiger partial charge in [0.1, 0.15) is 0 Å². The molecule has 0 spiro atoms. The molecule has 2 aromatic rings. The number of thioether (sulfide) groups is 1. The molecule has 1 amide bonds. The normalized spacial score (nSPS) is 18.1. The third-order valence-corrected chi connectivity index (χ3v) is 7.08. The quantitative estimate of drug-likeness (QED) is 0.495. The van der Waals surface area contributed by atoms with E-state index in [-0.39, 0.29) is 18.4 Å². The van der Waals surface area contributed by atoms with E-state index in [1.807, 2.05) is 72.7 Å². The second-order valence-corrected chi connectivity index (χ2v) is 9.24. The zero-order valence-corrected chi connectivity index (χ0v) is 20.8. The lowest BCUT2D eigenvalue weighted by molar-refractivity contribution is -0.136. The molecule has 0 radical (unpaired) electrons. The molecule has 176 valence electrons. The number of amides is 1. The Labute approximate surface area is 208 Å². The lowest BCUT2D eigenvalue weighted by atomic mass is 9.92. The summed E-state index contributed by atoms with van der Waals surface area (Å²) >= 11 is 8.04. The summed E-state index contributed by atoms with van der Waals surface area (Å²) in [5.74, 6) is -0.574. The highest BCUT2D eigenvalue weighted by Gasteiger charge is 2.42. The van der Waals surface area contributed by atoms with Crippen LogP contribution in [0.2, 0.25) is 5.02 Å². The lowest BCUT2D eigenvalue weighted by Crippen LogP contribution is -2.38. The fraction of sp³-hybridized carbons (Fsp3) is 0.269. The van der Waals surface area contributed by atoms with Gasteiger partial charge in [-0.2, -0.15) is 0 Å². The first-order chi connectivity index (χ1) is 16.4. The number of halogens is 1. The van der Waals surface area contributed by atoms with Crippen LogP contribution in [0.4, 0.5) is 0 Å². The van der Waals surface area contributed by atoms with Crippen molar-refractivity contribution in [2.75, 3.05) is 7.11 Å². The molecule has 1 N–H and O–H groups in total. The number of fused-ring (bicyclic) bond motifs is 1. The Bertz CT molecular complexity index is 1190. The van der Waals surface area contributed by atoms with Gasteiger partial charge in [-0.25, -0.2) is 9.79 Å². The van der Waals surface area contributed by atoms with Crippen molar-refractivity contribution in [3.8, 4) is 0 Å². The van der Waals surface area contributed by atoms with Crippen LogP contribution < -0.4 is 5.32 Å². The number of hydrogen-bond donors (Lipinski definition) is 1. The van der Waals surface area contributed by atoms with Gasteiger partial charge in [0.2, 0.25) is 5.91 Å². The molecule has 0 fully saturated rings. The van der Waals surface area contributed by atoms with Crippen molar-refractivity contribution < 1.29 is 14.3 Å². The molecule has 8 heteroatoms. The van der Waals surface area contributed by atoms with Gasteiger partial charge < -0.3 is 15.0 Å². The zero-order chi connectivity index (χ0) is 24.2. The summed E-state index contributed by atoms with van der Waals surface area (Å²) in [6.07, 6.45) is 0.702. The zero-order valence-electron chi connectivity index (χ0n) is 19.2. The van der Waals surface area contributed by atoms with Crippen molar-refractivity contribution in [1.29, 1.82) is 0 Å². The predicted molar refractivity (Wildman–Crippen MR) is 136 cm³/mol. The number of aliphatic imine (C=N–C) groups is 1. The Morgan fingerprint density at radius 2 is 1.88 bits per heavy atom. The Hall–Kier alpha value is -3.03. The number of allylic oxidation sites excluding steroid dienone is 1. The third-order valence-electron chi connectivity index (χ3n) is 5.85. The maximum absolute atomic E-state index is 13.0. The first-order valence-corrected chi connectivity index (χ1v) is 12.3. The Balaban J connectivity index is 1.66. The number of hydrogen-bond acceptors (Lipinski definition) is 6. The average molecular weight is 496 g/mol. The monoisotopic (exact) mass is 495 g/mol. The van der Waals surface area contributed by atoms with Crippen LogP contribution in [0.25, 0.3) is 0 Å². The molecule has 2 aliphatic heterocycles. The summed E-state index contributed by atoms with van der Waals surface area (Å²) in [6.45, 7) is 3.91. The predicted octanol–water partition coefficient (Wildman–Crippen LogP) is 5.75. The summed E-state index contributed by atoms with van der Waals surface area (Å²) < 4.78 is 5.14. The van der Waals surface area contributed by atoms with Crippen molar-refractivity contribution in [1.82, 2.24) is 10.2 Å². The van der Waals surface area contributed by atoms with Crippen LogP contribution in [-0.2, 0) is 14.3 Å². The number of methoxy groups -OCH3 is 1. The minimum atomic E-state index is -0.538. The highest BCUT2D eigenvalue weighted by atomic mass is 35.5. The second kappa shape index (κ2) is 10.5. The fourth-order valence-electron chi connectivity index (χ4n) is 4.19. The van der Waals surface area contributed by atoms with Gasteiger partial charge in [-0.15, -0.1) is 0 Å². The Kier molecular flexibility index (Phi) is 7.44. The summed E-state index contributed by atoms with van der Waals surface area (Å²) in [4.78, 5) is 32.6. The minimum Gasteiger partial charge on any atom is -0.466 e. The van der Waals surface area contributed by atoms with Gasteiger partial charge in [-0.1, -0.05) is 78.8 Å². The molecule has 2 unspecified atom stereocenters. The van der Waals surface area contributed by atoms with E-state index >= 15 is 0 Å². The maximum atomic E-state index is 13.0. The van der Waals surface area contributed by atoms with Crippen LogP contribution in [0.15, 0.2) is 82.0 Å². The fourth-order valence-corrected chi connectivity index (χ4v) is 5.36. The molecule has 0 aromatic heterocycles. The van der Waals surface area contributed by atoms with E-state index in [9.17, 15) is 9.59 Å². The topological polar surface area (TPSA) is 71.0 Å². The lowest BCUT2D eigenvalue weighted by Gasteiger charge is -2.37. The van der Waals surface area contributed by atoms with Gasteiger partial charge in [0.25, 0.3) is 0 Å². The van der Waals surface area contributed by atoms with Crippen LogP contribution in [0.5, 0.6) is 0 Å². The van der Waals surface area contributed by atoms with E-state index in [1.165, 1.54) is 18.9 Å². The molecule has 2 heterocycles. The van der Waals surface area contributed by atoms with E-state index in [4.69, 9.17) is 21.3 Å². The minimum absolute atomic E-state index is 0.118. The molecular weight excluding hydrogens is 470 g/mol. The number of rotatable bonds is 7. The standard InChI is InChI=1S/C26H26ClN3O3S/c1-4-21-23(25(32)33-3)24(19-12-8-9-13-20(19)27)30-18(15-34-26(30)29-21)14-22(31)28-16(2)17-10-6-5-7-11-17/h5-13,15-16,24H,4,14H2,1-3H3,(H,28,31). The third kappa shape index (κ3) is 4.76. The molecular formula is C26H26ClN3O3S. The molecule has 0 saturated carbocycles. The Morgan fingerprint density at radius 3 is 2.56 bits per heavy atom. The average Bonchev–Trinajstić information content (AvgIpc) is 3.25. The van der Waals surface area contributed by atoms with Gasteiger partial charge in [0.15, 0.2) is 5.17 Å². The largest absolute Gasteiger partial charge is 0.466 e. The number of carbonyl (C=O) groups excluding carboxylic acids is 2. The Morgan fingerprint density at radius 1 is 1.18 bits per heavy atom. The second-order valence-electron chi connectivity index (χ2n) is 8.00. The van der Waals surface area contributed by atoms with Crippen molar-refractivity contribution in [2.45, 2.75) is 38.8 Å². The highest BCUT2D eigenvalue weighted by Crippen LogP contribution is 2.46. The van der Waals surface area contributed by atoms with E-state index in [2.05, 4.69) is 5.32 Å². The van der Waals surface area contributed by atoms with Gasteiger partial charge >= 0.3 is 5.97 Å². The SMILES string of the molecule is CCC1=C(C(=O)OC)C(c2ccccc2Cl)N2C(CC(=O)NC(C)c3ccccc3)=CSC2=N1. The van der Waals surface area contributed by atoms with Crippen LogP contribution >= 0.6 is 23.4 Å². The number of nitrogens with zero attached hydrogens (tertiary/aromatic N) is 2. The van der Waals surface area contributed by atoms with Crippen molar-refractivity contribution in [3.63, 3.8) is 0 Å². The highest BCUT2D eigenvalue weighted by molar-refractivity contribution is 8.16. The molecule has 0 aliphatic carbocycles. The van der Waals surface area contributed by atoms with Gasteiger partial charge in [0.05, 0.1) is 36.9 Å². The van der Waals surface area contributed by atoms with Crippen LogP contribution in [0, 0.1) is 0 Å². The molecule has 4 rings (SSSR count). The number of benzene rings is 2. The van der Waals surface area contributed by atoms with Crippen LogP contribution in [0.3, 0.4) is 0 Å². The number of carbonyl (C=O) groups is 2. The number of ether oxygens (including phenoxy) is 1. The van der Waals surface area contributed by atoms with E-state index in [0.717, 1.165) is 16.8 Å². The molecule has 0 saturated heterocycles. The number of nitrogens with one attached hydrogen (secondary N) is 1. The van der Waals surface area contributed by atoms with Gasteiger partial charge in [-0.3, -0.25) is 4.79 Å². The molecule has 2 aromatic carbocycles. The maximum Gasteiger partial charge on any atom is 0.338 e. The summed E-state index contributed by atoms with van der Waals surface area (Å²) in [5.41, 5.74) is 3.64. The van der Waals surface area contributed by atoms with Gasteiger partial charge in [0, 0.05) is 10.7 Å². The molecule has 0 bridgehead atoms. The van der Waals surface area contributed by atoms with Crippen LogP contribution in [0.1, 0.15) is 49.9 Å². The summed E-state index contributed by atoms with van der Waals surface area (Å²) in [6, 6.07) is 16.6. The van der Waals surface area contributed by atoms with Crippen molar-refractivity contribution in [3.05, 3.63) is 93.1 Å². The van der Waals surface area contributed by atoms with Gasteiger partial charge in [-0.05, 0) is 35.9 Å². The smallest absolute Gasteiger partial charge is 0.338 e. The van der Waals surface area contributed by atoms with Crippen LogP contribution in [-0.4, -0.2) is 29.1 Å². The molecule has 2 atom stereocenters. The first-order valence-electron chi connectivity index (χ1n) is 11.1. The molecule has 2 aliphatic rings. The molecule has 6 nitrogen and oxygen atoms in total. The first kappa shape index (κ1) is 24.1.